The monoisotopic (exact) mass is 318 g/mol. The number of benzene rings is 1. The van der Waals surface area contributed by atoms with Gasteiger partial charge in [-0.1, -0.05) is 0 Å². The van der Waals surface area contributed by atoms with Crippen molar-refractivity contribution < 1.29 is 22.0 Å². The predicted octanol–water partition coefficient (Wildman–Crippen LogP) is 1.97. The fourth-order valence-electron chi connectivity index (χ4n) is 1.49. The summed E-state index contributed by atoms with van der Waals surface area (Å²) in [5, 5.41) is 7.03. The number of carbonyl (C=O) groups excluding carboxylic acids is 1. The molecule has 0 saturated carbocycles. The van der Waals surface area contributed by atoms with Crippen molar-refractivity contribution >= 4 is 33.2 Å². The largest absolute Gasteiger partial charge is 0.452 e. The summed E-state index contributed by atoms with van der Waals surface area (Å²) in [5.74, 6) is -1.48. The Hall–Kier alpha value is -1.90. The van der Waals surface area contributed by atoms with E-state index in [0.717, 1.165) is 18.2 Å². The molecular weight excluding hydrogens is 311 g/mol. The second-order valence-corrected chi connectivity index (χ2v) is 5.62. The first kappa shape index (κ1) is 14.5. The molecule has 0 saturated heterocycles. The Morgan fingerprint density at radius 1 is 1.35 bits per heavy atom. The molecule has 0 atom stereocenters. The summed E-state index contributed by atoms with van der Waals surface area (Å²) in [5.41, 5.74) is -0.300. The van der Waals surface area contributed by atoms with Crippen LogP contribution in [-0.2, 0) is 10.0 Å². The van der Waals surface area contributed by atoms with Crippen molar-refractivity contribution in [2.24, 2.45) is 5.14 Å². The molecule has 106 valence electrons. The molecule has 0 aliphatic rings. The number of anilines is 1. The van der Waals surface area contributed by atoms with E-state index in [1.165, 1.54) is 12.3 Å². The van der Waals surface area contributed by atoms with E-state index in [2.05, 4.69) is 5.32 Å². The van der Waals surface area contributed by atoms with Crippen molar-refractivity contribution in [1.29, 1.82) is 0 Å². The van der Waals surface area contributed by atoms with Crippen LogP contribution in [0.3, 0.4) is 0 Å². The Kier molecular flexibility index (Phi) is 3.80. The SMILES string of the molecule is NS(=O)(=O)c1ccc(F)cc1NC(=O)c1ccoc1Cl. The topological polar surface area (TPSA) is 102 Å². The fraction of sp³-hybridized carbons (Fsp3) is 0. The number of hydrogen-bond acceptors (Lipinski definition) is 4. The summed E-state index contributed by atoms with van der Waals surface area (Å²) in [6, 6.07) is 4.00. The van der Waals surface area contributed by atoms with Gasteiger partial charge in [-0.2, -0.15) is 0 Å². The highest BCUT2D eigenvalue weighted by molar-refractivity contribution is 7.89. The van der Waals surface area contributed by atoms with Gasteiger partial charge in [0, 0.05) is 0 Å². The van der Waals surface area contributed by atoms with Gasteiger partial charge in [-0.3, -0.25) is 4.79 Å². The minimum Gasteiger partial charge on any atom is -0.452 e. The molecule has 0 spiro atoms. The van der Waals surface area contributed by atoms with E-state index >= 15 is 0 Å². The molecule has 0 bridgehead atoms. The molecule has 3 N–H and O–H groups in total. The normalized spacial score (nSPS) is 11.3. The van der Waals surface area contributed by atoms with Crippen molar-refractivity contribution in [3.05, 3.63) is 47.1 Å². The number of furan rings is 1. The summed E-state index contributed by atoms with van der Waals surface area (Å²) in [7, 11) is -4.11. The third kappa shape index (κ3) is 2.98. The van der Waals surface area contributed by atoms with Crippen LogP contribution in [0.15, 0.2) is 39.8 Å². The molecule has 1 heterocycles. The summed E-state index contributed by atoms with van der Waals surface area (Å²) in [4.78, 5) is 11.5. The second kappa shape index (κ2) is 5.23. The van der Waals surface area contributed by atoms with Gasteiger partial charge in [0.05, 0.1) is 17.5 Å². The number of carbonyl (C=O) groups is 1. The molecule has 0 unspecified atom stereocenters. The summed E-state index contributed by atoms with van der Waals surface area (Å²) in [6.07, 6.45) is 1.18. The molecule has 6 nitrogen and oxygen atoms in total. The van der Waals surface area contributed by atoms with Crippen molar-refractivity contribution in [3.8, 4) is 0 Å². The first-order valence-electron chi connectivity index (χ1n) is 5.16. The molecule has 0 aliphatic carbocycles. The predicted molar refractivity (Wildman–Crippen MR) is 69.4 cm³/mol. The van der Waals surface area contributed by atoms with Crippen LogP contribution in [0.4, 0.5) is 10.1 Å². The maximum absolute atomic E-state index is 13.2. The lowest BCUT2D eigenvalue weighted by molar-refractivity contribution is 0.102. The van der Waals surface area contributed by atoms with Crippen molar-refractivity contribution in [2.45, 2.75) is 4.90 Å². The van der Waals surface area contributed by atoms with Crippen molar-refractivity contribution in [2.75, 3.05) is 5.32 Å². The van der Waals surface area contributed by atoms with E-state index < -0.39 is 26.6 Å². The van der Waals surface area contributed by atoms with Crippen LogP contribution < -0.4 is 10.5 Å². The highest BCUT2D eigenvalue weighted by Crippen LogP contribution is 2.24. The van der Waals surface area contributed by atoms with E-state index in [4.69, 9.17) is 21.2 Å². The molecule has 20 heavy (non-hydrogen) atoms. The lowest BCUT2D eigenvalue weighted by atomic mass is 10.2. The van der Waals surface area contributed by atoms with Crippen LogP contribution in [0.1, 0.15) is 10.4 Å². The van der Waals surface area contributed by atoms with Crippen LogP contribution in [-0.4, -0.2) is 14.3 Å². The van der Waals surface area contributed by atoms with Crippen LogP contribution >= 0.6 is 11.6 Å². The molecule has 2 rings (SSSR count). The Morgan fingerprint density at radius 3 is 2.60 bits per heavy atom. The quantitative estimate of drug-likeness (QED) is 0.903. The van der Waals surface area contributed by atoms with Gasteiger partial charge < -0.3 is 9.73 Å². The Bertz CT molecular complexity index is 772. The lowest BCUT2D eigenvalue weighted by Gasteiger charge is -2.09. The third-order valence-corrected chi connectivity index (χ3v) is 3.62. The minimum absolute atomic E-state index is 0.0173. The van der Waals surface area contributed by atoms with Gasteiger partial charge in [-0.05, 0) is 35.9 Å². The van der Waals surface area contributed by atoms with Gasteiger partial charge in [-0.15, -0.1) is 0 Å². The van der Waals surface area contributed by atoms with Crippen LogP contribution in [0, 0.1) is 5.82 Å². The summed E-state index contributed by atoms with van der Waals surface area (Å²) in [6.45, 7) is 0. The Labute approximate surface area is 118 Å². The van der Waals surface area contributed by atoms with Gasteiger partial charge in [0.15, 0.2) is 0 Å². The maximum atomic E-state index is 13.2. The van der Waals surface area contributed by atoms with Gasteiger partial charge in [0.2, 0.25) is 15.2 Å². The molecule has 1 aromatic heterocycles. The third-order valence-electron chi connectivity index (χ3n) is 2.36. The zero-order valence-corrected chi connectivity index (χ0v) is 11.3. The fourth-order valence-corrected chi connectivity index (χ4v) is 2.37. The van der Waals surface area contributed by atoms with E-state index in [0.29, 0.717) is 0 Å². The van der Waals surface area contributed by atoms with Gasteiger partial charge >= 0.3 is 0 Å². The number of nitrogens with one attached hydrogen (secondary N) is 1. The molecule has 9 heteroatoms. The number of hydrogen-bond donors (Lipinski definition) is 2. The second-order valence-electron chi connectivity index (χ2n) is 3.75. The average molecular weight is 319 g/mol. The van der Waals surface area contributed by atoms with Crippen molar-refractivity contribution in [1.82, 2.24) is 0 Å². The first-order chi connectivity index (χ1) is 9.29. The number of nitrogens with two attached hydrogens (primary N) is 1. The van der Waals surface area contributed by atoms with Crippen LogP contribution in [0.25, 0.3) is 0 Å². The number of sulfonamides is 1. The zero-order valence-electron chi connectivity index (χ0n) is 9.76. The van der Waals surface area contributed by atoms with Gasteiger partial charge in [0.25, 0.3) is 5.91 Å². The molecule has 1 amide bonds. The Morgan fingerprint density at radius 2 is 2.05 bits per heavy atom. The molecule has 0 radical (unpaired) electrons. The molecule has 0 fully saturated rings. The van der Waals surface area contributed by atoms with Gasteiger partial charge in [0.1, 0.15) is 10.7 Å². The standard InChI is InChI=1S/C11H8ClFN2O4S/c12-10-7(3-4-19-10)11(16)15-8-5-6(13)1-2-9(8)20(14,17)18/h1-5H,(H,15,16)(H2,14,17,18). The van der Waals surface area contributed by atoms with E-state index in [1.54, 1.807) is 0 Å². The molecule has 2 aromatic rings. The maximum Gasteiger partial charge on any atom is 0.260 e. The summed E-state index contributed by atoms with van der Waals surface area (Å²) >= 11 is 5.62. The number of halogens is 2. The van der Waals surface area contributed by atoms with Gasteiger partial charge in [-0.25, -0.2) is 17.9 Å². The lowest BCUT2D eigenvalue weighted by Crippen LogP contribution is -2.18. The average Bonchev–Trinajstić information content (AvgIpc) is 2.73. The first-order valence-corrected chi connectivity index (χ1v) is 7.08. The highest BCUT2D eigenvalue weighted by Gasteiger charge is 2.19. The summed E-state index contributed by atoms with van der Waals surface area (Å²) < 4.78 is 40.6. The number of rotatable bonds is 3. The van der Waals surface area contributed by atoms with E-state index in [1.807, 2.05) is 0 Å². The smallest absolute Gasteiger partial charge is 0.260 e. The van der Waals surface area contributed by atoms with E-state index in [-0.39, 0.29) is 16.5 Å². The Balaban J connectivity index is 2.41. The highest BCUT2D eigenvalue weighted by atomic mass is 35.5. The zero-order chi connectivity index (χ0) is 14.9. The number of primary sulfonamides is 1. The van der Waals surface area contributed by atoms with Crippen LogP contribution in [0.5, 0.6) is 0 Å². The minimum atomic E-state index is -4.11. The van der Waals surface area contributed by atoms with Crippen LogP contribution in [0.2, 0.25) is 5.22 Å². The number of amides is 1. The molecule has 1 aromatic carbocycles. The molecular formula is C11H8ClFN2O4S. The van der Waals surface area contributed by atoms with Crippen molar-refractivity contribution in [3.63, 3.8) is 0 Å². The molecule has 0 aliphatic heterocycles. The van der Waals surface area contributed by atoms with E-state index in [9.17, 15) is 17.6 Å².